The Labute approximate surface area is 150 Å². The quantitative estimate of drug-likeness (QED) is 0.784. The first-order valence-corrected chi connectivity index (χ1v) is 8.47. The summed E-state index contributed by atoms with van der Waals surface area (Å²) < 4.78 is 5.24. The normalized spacial score (nSPS) is 12.1. The van der Waals surface area contributed by atoms with Crippen LogP contribution in [0.25, 0.3) is 16.8 Å². The van der Waals surface area contributed by atoms with Crippen LogP contribution in [-0.4, -0.2) is 45.1 Å². The molecule has 0 saturated carbocycles. The van der Waals surface area contributed by atoms with Gasteiger partial charge in [-0.05, 0) is 60.1 Å². The van der Waals surface area contributed by atoms with Crippen molar-refractivity contribution in [3.63, 3.8) is 0 Å². The van der Waals surface area contributed by atoms with Gasteiger partial charge in [0.05, 0.1) is 7.11 Å². The van der Waals surface area contributed by atoms with Crippen molar-refractivity contribution in [2.75, 3.05) is 34.3 Å². The Morgan fingerprint density at radius 1 is 1.16 bits per heavy atom. The standard InChI is InChI=1S/C21H28N2O2/c1-21(2,15-23(3)4)14-22-20(24)11-7-16-6-8-18-13-19(25-5)10-9-17(18)12-16/h6-13H,14-15H2,1-5H3,(H,22,24)/b11-7+. The van der Waals surface area contributed by atoms with Crippen molar-refractivity contribution in [3.05, 3.63) is 48.0 Å². The van der Waals surface area contributed by atoms with E-state index in [0.29, 0.717) is 6.54 Å². The zero-order valence-corrected chi connectivity index (χ0v) is 15.8. The number of rotatable bonds is 7. The number of benzene rings is 2. The van der Waals surface area contributed by atoms with Crippen LogP contribution in [0, 0.1) is 5.41 Å². The molecule has 0 aliphatic carbocycles. The minimum absolute atomic E-state index is 0.0367. The topological polar surface area (TPSA) is 41.6 Å². The van der Waals surface area contributed by atoms with E-state index in [1.165, 1.54) is 0 Å². The minimum atomic E-state index is -0.0679. The Bertz CT molecular complexity index is 764. The highest BCUT2D eigenvalue weighted by Gasteiger charge is 2.19. The molecule has 0 radical (unpaired) electrons. The van der Waals surface area contributed by atoms with E-state index in [4.69, 9.17) is 4.74 Å². The molecule has 1 N–H and O–H groups in total. The molecular formula is C21H28N2O2. The van der Waals surface area contributed by atoms with E-state index in [1.807, 2.05) is 50.5 Å². The number of ether oxygens (including phenoxy) is 1. The van der Waals surface area contributed by atoms with Crippen molar-refractivity contribution in [3.8, 4) is 5.75 Å². The van der Waals surface area contributed by atoms with Crippen LogP contribution in [0.4, 0.5) is 0 Å². The lowest BCUT2D eigenvalue weighted by atomic mass is 9.93. The Morgan fingerprint density at radius 2 is 1.84 bits per heavy atom. The lowest BCUT2D eigenvalue weighted by Crippen LogP contribution is -2.39. The lowest BCUT2D eigenvalue weighted by Gasteiger charge is -2.28. The summed E-state index contributed by atoms with van der Waals surface area (Å²) in [4.78, 5) is 14.2. The maximum atomic E-state index is 12.1. The molecule has 2 aromatic carbocycles. The average molecular weight is 340 g/mol. The van der Waals surface area contributed by atoms with Crippen LogP contribution in [0.1, 0.15) is 19.4 Å². The van der Waals surface area contributed by atoms with Crippen molar-refractivity contribution in [1.82, 2.24) is 10.2 Å². The second kappa shape index (κ2) is 8.17. The molecule has 0 aromatic heterocycles. The van der Waals surface area contributed by atoms with Gasteiger partial charge in [0.1, 0.15) is 5.75 Å². The zero-order chi connectivity index (χ0) is 18.4. The van der Waals surface area contributed by atoms with Crippen LogP contribution in [0.3, 0.4) is 0 Å². The summed E-state index contributed by atoms with van der Waals surface area (Å²) in [6.45, 7) is 5.86. The van der Waals surface area contributed by atoms with Gasteiger partial charge in [-0.1, -0.05) is 32.0 Å². The monoisotopic (exact) mass is 340 g/mol. The summed E-state index contributed by atoms with van der Waals surface area (Å²) in [5.74, 6) is 0.775. The fourth-order valence-electron chi connectivity index (χ4n) is 2.94. The number of fused-ring (bicyclic) bond motifs is 1. The Kier molecular flexibility index (Phi) is 6.21. The van der Waals surface area contributed by atoms with Gasteiger partial charge in [-0.2, -0.15) is 0 Å². The van der Waals surface area contributed by atoms with Gasteiger partial charge in [-0.25, -0.2) is 0 Å². The number of hydrogen-bond acceptors (Lipinski definition) is 3. The number of nitrogens with one attached hydrogen (secondary N) is 1. The molecule has 0 atom stereocenters. The summed E-state index contributed by atoms with van der Waals surface area (Å²) in [6, 6.07) is 12.1. The van der Waals surface area contributed by atoms with Gasteiger partial charge in [0.2, 0.25) is 5.91 Å². The molecule has 0 bridgehead atoms. The number of hydrogen-bond donors (Lipinski definition) is 1. The molecule has 1 amide bonds. The van der Waals surface area contributed by atoms with E-state index in [1.54, 1.807) is 13.2 Å². The number of nitrogens with zero attached hydrogens (tertiary/aromatic N) is 1. The van der Waals surface area contributed by atoms with Crippen LogP contribution in [0.15, 0.2) is 42.5 Å². The van der Waals surface area contributed by atoms with Crippen LogP contribution in [-0.2, 0) is 4.79 Å². The van der Waals surface area contributed by atoms with E-state index in [0.717, 1.165) is 28.6 Å². The summed E-state index contributed by atoms with van der Waals surface area (Å²) >= 11 is 0. The fraction of sp³-hybridized carbons (Fsp3) is 0.381. The third-order valence-corrected chi connectivity index (χ3v) is 3.98. The molecule has 0 fully saturated rings. The van der Waals surface area contributed by atoms with Gasteiger partial charge >= 0.3 is 0 Å². The van der Waals surface area contributed by atoms with Crippen molar-refractivity contribution in [1.29, 1.82) is 0 Å². The molecule has 0 heterocycles. The summed E-state index contributed by atoms with van der Waals surface area (Å²) in [7, 11) is 5.74. The molecule has 4 nitrogen and oxygen atoms in total. The van der Waals surface area contributed by atoms with Crippen molar-refractivity contribution >= 4 is 22.8 Å². The van der Waals surface area contributed by atoms with Crippen LogP contribution in [0.5, 0.6) is 5.75 Å². The maximum absolute atomic E-state index is 12.1. The van der Waals surface area contributed by atoms with Crippen LogP contribution >= 0.6 is 0 Å². The predicted molar refractivity (Wildman–Crippen MR) is 105 cm³/mol. The zero-order valence-electron chi connectivity index (χ0n) is 15.8. The number of methoxy groups -OCH3 is 1. The molecule has 25 heavy (non-hydrogen) atoms. The molecule has 0 spiro atoms. The van der Waals surface area contributed by atoms with Crippen molar-refractivity contribution in [2.24, 2.45) is 5.41 Å². The van der Waals surface area contributed by atoms with Crippen molar-refractivity contribution < 1.29 is 9.53 Å². The highest BCUT2D eigenvalue weighted by atomic mass is 16.5. The van der Waals surface area contributed by atoms with E-state index >= 15 is 0 Å². The smallest absolute Gasteiger partial charge is 0.244 e. The highest BCUT2D eigenvalue weighted by Crippen LogP contribution is 2.22. The average Bonchev–Trinajstić information content (AvgIpc) is 2.56. The second-order valence-corrected chi connectivity index (χ2v) is 7.43. The SMILES string of the molecule is COc1ccc2cc(/C=C/C(=O)NCC(C)(C)CN(C)C)ccc2c1. The number of carbonyl (C=O) groups excluding carboxylic acids is 1. The molecule has 0 unspecified atom stereocenters. The van der Waals surface area contributed by atoms with Crippen LogP contribution in [0.2, 0.25) is 0 Å². The van der Waals surface area contributed by atoms with Gasteiger partial charge in [0, 0.05) is 19.2 Å². The van der Waals surface area contributed by atoms with Gasteiger partial charge in [-0.15, -0.1) is 0 Å². The third-order valence-electron chi connectivity index (χ3n) is 3.98. The third kappa shape index (κ3) is 5.91. The first-order valence-electron chi connectivity index (χ1n) is 8.47. The molecule has 2 aromatic rings. The second-order valence-electron chi connectivity index (χ2n) is 7.43. The van der Waals surface area contributed by atoms with E-state index in [2.05, 4.69) is 30.1 Å². The Hall–Kier alpha value is -2.33. The fourth-order valence-corrected chi connectivity index (χ4v) is 2.94. The first kappa shape index (κ1) is 19.0. The molecule has 0 aliphatic heterocycles. The number of carbonyl (C=O) groups is 1. The largest absolute Gasteiger partial charge is 0.497 e. The predicted octanol–water partition coefficient (Wildman–Crippen LogP) is 3.57. The number of amides is 1. The van der Waals surface area contributed by atoms with Crippen molar-refractivity contribution in [2.45, 2.75) is 13.8 Å². The highest BCUT2D eigenvalue weighted by molar-refractivity contribution is 5.93. The Balaban J connectivity index is 1.98. The molecular weight excluding hydrogens is 312 g/mol. The van der Waals surface area contributed by atoms with E-state index < -0.39 is 0 Å². The van der Waals surface area contributed by atoms with Gasteiger partial charge in [0.25, 0.3) is 0 Å². The minimum Gasteiger partial charge on any atom is -0.497 e. The van der Waals surface area contributed by atoms with Crippen LogP contribution < -0.4 is 10.1 Å². The first-order chi connectivity index (χ1) is 11.8. The molecule has 134 valence electrons. The summed E-state index contributed by atoms with van der Waals surface area (Å²) in [5, 5.41) is 5.22. The molecule has 0 aliphatic rings. The van der Waals surface area contributed by atoms with E-state index in [9.17, 15) is 4.79 Å². The van der Waals surface area contributed by atoms with E-state index in [-0.39, 0.29) is 11.3 Å². The van der Waals surface area contributed by atoms with Gasteiger partial charge < -0.3 is 15.0 Å². The van der Waals surface area contributed by atoms with Gasteiger partial charge in [-0.3, -0.25) is 4.79 Å². The molecule has 2 rings (SSSR count). The molecule has 0 saturated heterocycles. The summed E-state index contributed by atoms with van der Waals surface area (Å²) in [6.07, 6.45) is 3.44. The Morgan fingerprint density at radius 3 is 2.52 bits per heavy atom. The summed E-state index contributed by atoms with van der Waals surface area (Å²) in [5.41, 5.74) is 1.04. The maximum Gasteiger partial charge on any atom is 0.244 e. The molecule has 4 heteroatoms. The van der Waals surface area contributed by atoms with Gasteiger partial charge in [0.15, 0.2) is 0 Å². The lowest BCUT2D eigenvalue weighted by molar-refractivity contribution is -0.116.